The highest BCUT2D eigenvalue weighted by molar-refractivity contribution is 14.1. The fourth-order valence-electron chi connectivity index (χ4n) is 2.14. The summed E-state index contributed by atoms with van der Waals surface area (Å²) in [5.41, 5.74) is 1.54. The van der Waals surface area contributed by atoms with Crippen LogP contribution in [0.15, 0.2) is 24.4 Å². The molecule has 0 atom stereocenters. The maximum absolute atomic E-state index is 12.2. The summed E-state index contributed by atoms with van der Waals surface area (Å²) in [5.74, 6) is -0.126. The Balaban J connectivity index is 1.62. The van der Waals surface area contributed by atoms with Crippen LogP contribution in [0.4, 0.5) is 13.9 Å². The first-order valence-electron chi connectivity index (χ1n) is 7.25. The molecule has 0 aliphatic carbocycles. The monoisotopic (exact) mass is 478 g/mol. The number of aromatic nitrogens is 3. The Kier molecular flexibility index (Phi) is 5.47. The van der Waals surface area contributed by atoms with Gasteiger partial charge in [0, 0.05) is 19.2 Å². The molecule has 0 saturated heterocycles. The number of carbonyl (C=O) groups is 1. The lowest BCUT2D eigenvalue weighted by Crippen LogP contribution is -2.14. The van der Waals surface area contributed by atoms with Crippen molar-refractivity contribution in [1.29, 1.82) is 0 Å². The summed E-state index contributed by atoms with van der Waals surface area (Å²) in [4.78, 5) is 16.3. The molecule has 10 heteroatoms. The second-order valence-corrected chi connectivity index (χ2v) is 7.34. The van der Waals surface area contributed by atoms with Crippen LogP contribution in [0.5, 0.6) is 5.75 Å². The van der Waals surface area contributed by atoms with Gasteiger partial charge >= 0.3 is 6.61 Å². The lowest BCUT2D eigenvalue weighted by molar-refractivity contribution is -0.116. The lowest BCUT2D eigenvalue weighted by atomic mass is 10.3. The number of anilines is 1. The van der Waals surface area contributed by atoms with Gasteiger partial charge in [-0.1, -0.05) is 11.3 Å². The Morgan fingerprint density at radius 1 is 1.48 bits per heavy atom. The topological polar surface area (TPSA) is 69.0 Å². The molecule has 1 amide bonds. The quantitative estimate of drug-likeness (QED) is 0.544. The van der Waals surface area contributed by atoms with Crippen LogP contribution in [0.2, 0.25) is 0 Å². The maximum Gasteiger partial charge on any atom is 0.387 e. The number of nitrogens with one attached hydrogen (secondary N) is 1. The zero-order valence-electron chi connectivity index (χ0n) is 13.0. The number of ether oxygens (including phenoxy) is 1. The van der Waals surface area contributed by atoms with E-state index >= 15 is 0 Å². The second-order valence-electron chi connectivity index (χ2n) is 5.15. The largest absolute Gasteiger partial charge is 0.435 e. The number of halogens is 3. The summed E-state index contributed by atoms with van der Waals surface area (Å²) in [6.07, 6.45) is 2.14. The average Bonchev–Trinajstić information content (AvgIpc) is 3.07. The third-order valence-electron chi connectivity index (χ3n) is 3.29. The first-order valence-corrected chi connectivity index (χ1v) is 9.15. The third kappa shape index (κ3) is 4.63. The van der Waals surface area contributed by atoms with Crippen LogP contribution < -0.4 is 10.1 Å². The Morgan fingerprint density at radius 2 is 2.28 bits per heavy atom. The van der Waals surface area contributed by atoms with Gasteiger partial charge in [-0.2, -0.15) is 13.9 Å². The smallest absolute Gasteiger partial charge is 0.387 e. The maximum atomic E-state index is 12.2. The van der Waals surface area contributed by atoms with E-state index in [9.17, 15) is 13.6 Å². The molecule has 0 bridgehead atoms. The van der Waals surface area contributed by atoms with Crippen LogP contribution in [-0.2, 0) is 11.3 Å². The number of benzene rings is 1. The van der Waals surface area contributed by atoms with Gasteiger partial charge in [-0.05, 0) is 47.7 Å². The molecule has 0 aliphatic heterocycles. The molecule has 0 spiro atoms. The molecule has 0 fully saturated rings. The molecule has 2 heterocycles. The number of aryl methyl sites for hydroxylation is 2. The van der Waals surface area contributed by atoms with Crippen molar-refractivity contribution in [3.63, 3.8) is 0 Å². The molecular weight excluding hydrogens is 465 g/mol. The molecule has 6 nitrogen and oxygen atoms in total. The van der Waals surface area contributed by atoms with E-state index in [4.69, 9.17) is 0 Å². The number of fused-ring (bicyclic) bond motifs is 1. The lowest BCUT2D eigenvalue weighted by Gasteiger charge is -2.02. The second kappa shape index (κ2) is 7.60. The number of alkyl halides is 2. The first-order chi connectivity index (χ1) is 11.9. The molecule has 2 aromatic heterocycles. The van der Waals surface area contributed by atoms with Crippen molar-refractivity contribution in [3.8, 4) is 5.75 Å². The zero-order chi connectivity index (χ0) is 18.0. The van der Waals surface area contributed by atoms with Crippen LogP contribution in [0.3, 0.4) is 0 Å². The first kappa shape index (κ1) is 18.0. The fraction of sp³-hybridized carbons (Fsp3) is 0.267. The molecule has 0 radical (unpaired) electrons. The van der Waals surface area contributed by atoms with Gasteiger partial charge in [0.2, 0.25) is 5.91 Å². The Hall–Kier alpha value is -1.82. The average molecular weight is 478 g/mol. The number of carbonyl (C=O) groups excluding carboxylic acids is 1. The van der Waals surface area contributed by atoms with Crippen LogP contribution in [0.1, 0.15) is 12.1 Å². The molecular formula is C15H13F2IN4O2S. The van der Waals surface area contributed by atoms with Crippen molar-refractivity contribution in [1.82, 2.24) is 14.8 Å². The Bertz CT molecular complexity index is 893. The van der Waals surface area contributed by atoms with E-state index in [0.29, 0.717) is 21.9 Å². The summed E-state index contributed by atoms with van der Waals surface area (Å²) in [7, 11) is 0. The van der Waals surface area contributed by atoms with Gasteiger partial charge in [0.1, 0.15) is 5.75 Å². The molecule has 25 heavy (non-hydrogen) atoms. The summed E-state index contributed by atoms with van der Waals surface area (Å²) in [6.45, 7) is -0.503. The van der Waals surface area contributed by atoms with Gasteiger partial charge in [-0.25, -0.2) is 4.98 Å². The number of hydrogen-bond donors (Lipinski definition) is 1. The fourth-order valence-corrected chi connectivity index (χ4v) is 3.48. The molecule has 132 valence electrons. The number of rotatable bonds is 6. The van der Waals surface area contributed by atoms with E-state index in [2.05, 4.69) is 42.7 Å². The predicted molar refractivity (Wildman–Crippen MR) is 99.2 cm³/mol. The summed E-state index contributed by atoms with van der Waals surface area (Å²) in [6, 6.07) is 4.47. The Morgan fingerprint density at radius 3 is 2.96 bits per heavy atom. The highest BCUT2D eigenvalue weighted by atomic mass is 127. The zero-order valence-corrected chi connectivity index (χ0v) is 16.0. The highest BCUT2D eigenvalue weighted by Gasteiger charge is 2.11. The minimum atomic E-state index is -2.88. The van der Waals surface area contributed by atoms with E-state index in [0.717, 1.165) is 9.26 Å². The van der Waals surface area contributed by atoms with Crippen molar-refractivity contribution in [3.05, 3.63) is 33.7 Å². The minimum absolute atomic E-state index is 0.0627. The summed E-state index contributed by atoms with van der Waals surface area (Å²) < 4.78 is 32.3. The van der Waals surface area contributed by atoms with Crippen LogP contribution in [-0.4, -0.2) is 27.3 Å². The highest BCUT2D eigenvalue weighted by Crippen LogP contribution is 2.29. The van der Waals surface area contributed by atoms with Gasteiger partial charge in [-0.3, -0.25) is 9.48 Å². The van der Waals surface area contributed by atoms with E-state index in [-0.39, 0.29) is 18.1 Å². The SMILES string of the molecule is Cc1nn(CCC(=O)Nc2nc3ccc(OC(F)F)cc3s2)cc1I. The molecule has 0 aliphatic rings. The minimum Gasteiger partial charge on any atom is -0.435 e. The number of hydrogen-bond acceptors (Lipinski definition) is 5. The Labute approximate surface area is 159 Å². The van der Waals surface area contributed by atoms with Gasteiger partial charge in [-0.15, -0.1) is 0 Å². The standard InChI is InChI=1S/C15H13F2IN4O2S/c1-8-10(18)7-22(21-8)5-4-13(23)20-15-19-11-3-2-9(24-14(16)17)6-12(11)25-15/h2-3,6-7,14H,4-5H2,1H3,(H,19,20,23). The van der Waals surface area contributed by atoms with Crippen molar-refractivity contribution in [2.75, 3.05) is 5.32 Å². The van der Waals surface area contributed by atoms with E-state index in [1.54, 1.807) is 10.7 Å². The van der Waals surface area contributed by atoms with Gasteiger partial charge in [0.25, 0.3) is 0 Å². The van der Waals surface area contributed by atoms with E-state index in [1.165, 1.54) is 23.5 Å². The predicted octanol–water partition coefficient (Wildman–Crippen LogP) is 4.04. The van der Waals surface area contributed by atoms with Crippen LogP contribution in [0.25, 0.3) is 10.2 Å². The summed E-state index contributed by atoms with van der Waals surface area (Å²) >= 11 is 3.39. The molecule has 3 aromatic rings. The molecule has 3 rings (SSSR count). The molecule has 1 aromatic carbocycles. The molecule has 1 N–H and O–H groups in total. The van der Waals surface area contributed by atoms with Crippen molar-refractivity contribution >= 4 is 55.2 Å². The van der Waals surface area contributed by atoms with E-state index in [1.807, 2.05) is 13.1 Å². The third-order valence-corrected chi connectivity index (χ3v) is 5.28. The number of nitrogens with zero attached hydrogens (tertiary/aromatic N) is 3. The van der Waals surface area contributed by atoms with Crippen molar-refractivity contribution in [2.24, 2.45) is 0 Å². The number of thiazole rings is 1. The van der Waals surface area contributed by atoms with Crippen LogP contribution in [0, 0.1) is 10.5 Å². The van der Waals surface area contributed by atoms with Gasteiger partial charge in [0.15, 0.2) is 5.13 Å². The van der Waals surface area contributed by atoms with Gasteiger partial charge < -0.3 is 10.1 Å². The molecule has 0 saturated carbocycles. The summed E-state index contributed by atoms with van der Waals surface area (Å²) in [5, 5.41) is 7.44. The normalized spacial score (nSPS) is 11.2. The van der Waals surface area contributed by atoms with Crippen molar-refractivity contribution < 1.29 is 18.3 Å². The van der Waals surface area contributed by atoms with Gasteiger partial charge in [0.05, 0.1) is 19.5 Å². The molecule has 0 unspecified atom stereocenters. The van der Waals surface area contributed by atoms with Crippen LogP contribution >= 0.6 is 33.9 Å². The van der Waals surface area contributed by atoms with E-state index < -0.39 is 6.61 Å². The number of amides is 1. The van der Waals surface area contributed by atoms with Crippen molar-refractivity contribution in [2.45, 2.75) is 26.5 Å².